The van der Waals surface area contributed by atoms with Gasteiger partial charge in [0.05, 0.1) is 11.4 Å². The topological polar surface area (TPSA) is 47.1 Å². The molecule has 0 aliphatic carbocycles. The number of nitrogens with zero attached hydrogens (tertiary/aromatic N) is 3. The summed E-state index contributed by atoms with van der Waals surface area (Å²) in [7, 11) is 0. The van der Waals surface area contributed by atoms with Crippen molar-refractivity contribution in [2.24, 2.45) is 0 Å². The molecule has 2 aromatic rings. The van der Waals surface area contributed by atoms with E-state index in [9.17, 15) is 0 Å². The summed E-state index contributed by atoms with van der Waals surface area (Å²) in [6.45, 7) is 10.2. The number of anilines is 1. The molecule has 1 heterocycles. The third kappa shape index (κ3) is 4.33. The Morgan fingerprint density at radius 2 is 2.00 bits per heavy atom. The molecule has 4 heteroatoms. The molecule has 4 nitrogen and oxygen atoms in total. The average molecular weight is 286 g/mol. The van der Waals surface area contributed by atoms with Gasteiger partial charge >= 0.3 is 0 Å². The maximum absolute atomic E-state index is 5.88. The monoisotopic (exact) mass is 286 g/mol. The van der Waals surface area contributed by atoms with Gasteiger partial charge in [0, 0.05) is 25.3 Å². The number of aromatic nitrogens is 2. The summed E-state index contributed by atoms with van der Waals surface area (Å²) in [5.41, 5.74) is 10.4. The zero-order chi connectivity index (χ0) is 15.2. The van der Waals surface area contributed by atoms with Crippen molar-refractivity contribution in [3.8, 4) is 0 Å². The summed E-state index contributed by atoms with van der Waals surface area (Å²) in [4.78, 5) is 2.46. The van der Waals surface area contributed by atoms with E-state index >= 15 is 0 Å². The summed E-state index contributed by atoms with van der Waals surface area (Å²) < 4.78 is 2.09. The fraction of sp³-hybridized carbons (Fsp3) is 0.471. The zero-order valence-corrected chi connectivity index (χ0v) is 13.3. The predicted molar refractivity (Wildman–Crippen MR) is 87.9 cm³/mol. The molecule has 0 amide bonds. The van der Waals surface area contributed by atoms with E-state index in [1.165, 1.54) is 11.3 Å². The maximum atomic E-state index is 5.88. The van der Waals surface area contributed by atoms with Crippen molar-refractivity contribution in [2.75, 3.05) is 12.3 Å². The van der Waals surface area contributed by atoms with Gasteiger partial charge in [0.15, 0.2) is 0 Å². The molecule has 21 heavy (non-hydrogen) atoms. The number of aryl methyl sites for hydroxylation is 2. The molecule has 114 valence electrons. The van der Waals surface area contributed by atoms with Gasteiger partial charge in [-0.3, -0.25) is 9.58 Å². The first-order valence-corrected chi connectivity index (χ1v) is 7.72. The number of nitrogens with two attached hydrogens (primary N) is 1. The maximum Gasteiger partial charge on any atom is 0.0597 e. The first kappa shape index (κ1) is 15.6. The lowest BCUT2D eigenvalue weighted by molar-refractivity contribution is 0.249. The van der Waals surface area contributed by atoms with Crippen molar-refractivity contribution < 1.29 is 0 Å². The molecule has 0 saturated heterocycles. The molecule has 0 aliphatic rings. The van der Waals surface area contributed by atoms with Crippen LogP contribution in [0, 0.1) is 6.92 Å². The second-order valence-corrected chi connectivity index (χ2v) is 5.55. The predicted octanol–water partition coefficient (Wildman–Crippen LogP) is 3.21. The quantitative estimate of drug-likeness (QED) is 0.795. The van der Waals surface area contributed by atoms with Crippen molar-refractivity contribution in [1.82, 2.24) is 14.7 Å². The van der Waals surface area contributed by atoms with Gasteiger partial charge < -0.3 is 5.73 Å². The highest BCUT2D eigenvalue weighted by Crippen LogP contribution is 2.14. The van der Waals surface area contributed by atoms with Crippen LogP contribution >= 0.6 is 0 Å². The van der Waals surface area contributed by atoms with Gasteiger partial charge in [-0.2, -0.15) is 5.10 Å². The van der Waals surface area contributed by atoms with Crippen LogP contribution in [0.15, 0.2) is 30.3 Å². The highest BCUT2D eigenvalue weighted by Gasteiger charge is 2.11. The van der Waals surface area contributed by atoms with Gasteiger partial charge in [0.2, 0.25) is 0 Å². The van der Waals surface area contributed by atoms with Gasteiger partial charge in [-0.25, -0.2) is 0 Å². The fourth-order valence-electron chi connectivity index (χ4n) is 2.71. The Balaban J connectivity index is 2.11. The molecule has 0 aliphatic heterocycles. The number of rotatable bonds is 7. The molecule has 1 aromatic heterocycles. The van der Waals surface area contributed by atoms with E-state index in [1.54, 1.807) is 0 Å². The van der Waals surface area contributed by atoms with Crippen LogP contribution in [0.4, 0.5) is 5.69 Å². The van der Waals surface area contributed by atoms with Crippen LogP contribution < -0.4 is 5.73 Å². The number of nitrogen functional groups attached to an aromatic ring is 1. The SMILES string of the molecule is CCCN(Cc1cccc(N)c1)Cc1cc(C)nn1CC. The Bertz CT molecular complexity index is 574. The molecule has 0 atom stereocenters. The lowest BCUT2D eigenvalue weighted by Gasteiger charge is -2.22. The van der Waals surface area contributed by atoms with Crippen molar-refractivity contribution in [3.05, 3.63) is 47.3 Å². The molecule has 0 saturated carbocycles. The van der Waals surface area contributed by atoms with E-state index < -0.39 is 0 Å². The minimum atomic E-state index is 0.832. The van der Waals surface area contributed by atoms with Gasteiger partial charge in [-0.15, -0.1) is 0 Å². The normalized spacial score (nSPS) is 11.2. The molecule has 0 spiro atoms. The molecular formula is C17H26N4. The second kappa shape index (κ2) is 7.27. The third-order valence-corrected chi connectivity index (χ3v) is 3.57. The first-order valence-electron chi connectivity index (χ1n) is 7.72. The van der Waals surface area contributed by atoms with E-state index in [0.717, 1.165) is 44.0 Å². The largest absolute Gasteiger partial charge is 0.399 e. The summed E-state index contributed by atoms with van der Waals surface area (Å²) in [5, 5.41) is 4.53. The molecule has 1 aromatic carbocycles. The lowest BCUT2D eigenvalue weighted by Crippen LogP contribution is -2.25. The minimum Gasteiger partial charge on any atom is -0.399 e. The van der Waals surface area contributed by atoms with Gasteiger partial charge in [0.25, 0.3) is 0 Å². The Kier molecular flexibility index (Phi) is 5.39. The van der Waals surface area contributed by atoms with Crippen molar-refractivity contribution >= 4 is 5.69 Å². The van der Waals surface area contributed by atoms with Crippen LogP contribution in [-0.4, -0.2) is 21.2 Å². The van der Waals surface area contributed by atoms with Crippen molar-refractivity contribution in [2.45, 2.75) is 46.8 Å². The Labute approximate surface area is 127 Å². The summed E-state index contributed by atoms with van der Waals surface area (Å²) in [6.07, 6.45) is 1.14. The van der Waals surface area contributed by atoms with Gasteiger partial charge in [-0.1, -0.05) is 19.1 Å². The van der Waals surface area contributed by atoms with E-state index in [4.69, 9.17) is 5.73 Å². The smallest absolute Gasteiger partial charge is 0.0597 e. The minimum absolute atomic E-state index is 0.832. The van der Waals surface area contributed by atoms with Crippen LogP contribution in [0.1, 0.15) is 37.2 Å². The van der Waals surface area contributed by atoms with Crippen LogP contribution in [-0.2, 0) is 19.6 Å². The second-order valence-electron chi connectivity index (χ2n) is 5.55. The molecule has 0 bridgehead atoms. The fourth-order valence-corrected chi connectivity index (χ4v) is 2.71. The zero-order valence-electron chi connectivity index (χ0n) is 13.3. The highest BCUT2D eigenvalue weighted by molar-refractivity contribution is 5.40. The average Bonchev–Trinajstić information content (AvgIpc) is 2.79. The molecule has 2 rings (SSSR count). The highest BCUT2D eigenvalue weighted by atomic mass is 15.3. The molecule has 0 unspecified atom stereocenters. The van der Waals surface area contributed by atoms with Crippen molar-refractivity contribution in [3.63, 3.8) is 0 Å². The number of hydrogen-bond acceptors (Lipinski definition) is 3. The number of hydrogen-bond donors (Lipinski definition) is 1. The third-order valence-electron chi connectivity index (χ3n) is 3.57. The molecule has 0 radical (unpaired) electrons. The molecular weight excluding hydrogens is 260 g/mol. The summed E-state index contributed by atoms with van der Waals surface area (Å²) >= 11 is 0. The first-order chi connectivity index (χ1) is 10.1. The van der Waals surface area contributed by atoms with Crippen LogP contribution in [0.5, 0.6) is 0 Å². The van der Waals surface area contributed by atoms with Crippen LogP contribution in [0.25, 0.3) is 0 Å². The summed E-state index contributed by atoms with van der Waals surface area (Å²) in [5.74, 6) is 0. The van der Waals surface area contributed by atoms with E-state index in [2.05, 4.69) is 53.7 Å². The van der Waals surface area contributed by atoms with E-state index in [1.807, 2.05) is 12.1 Å². The van der Waals surface area contributed by atoms with Crippen molar-refractivity contribution in [1.29, 1.82) is 0 Å². The van der Waals surface area contributed by atoms with Gasteiger partial charge in [-0.05, 0) is 50.6 Å². The lowest BCUT2D eigenvalue weighted by atomic mass is 10.2. The standard InChI is InChI=1S/C17H26N4/c1-4-9-20(12-15-7-6-8-16(18)11-15)13-17-10-14(3)19-21(17)5-2/h6-8,10-11H,4-5,9,12-13,18H2,1-3H3. The number of benzene rings is 1. The van der Waals surface area contributed by atoms with Crippen LogP contribution in [0.3, 0.4) is 0 Å². The Hall–Kier alpha value is -1.81. The Morgan fingerprint density at radius 1 is 1.19 bits per heavy atom. The molecule has 0 fully saturated rings. The Morgan fingerprint density at radius 3 is 2.67 bits per heavy atom. The van der Waals surface area contributed by atoms with Crippen LogP contribution in [0.2, 0.25) is 0 Å². The molecule has 2 N–H and O–H groups in total. The van der Waals surface area contributed by atoms with E-state index in [0.29, 0.717) is 0 Å². The van der Waals surface area contributed by atoms with E-state index in [-0.39, 0.29) is 0 Å². The van der Waals surface area contributed by atoms with Gasteiger partial charge in [0.1, 0.15) is 0 Å². The summed E-state index contributed by atoms with van der Waals surface area (Å²) in [6, 6.07) is 10.3.